The third-order valence-corrected chi connectivity index (χ3v) is 4.88. The van der Waals surface area contributed by atoms with Crippen LogP contribution < -0.4 is 14.9 Å². The summed E-state index contributed by atoms with van der Waals surface area (Å²) in [6, 6.07) is 10.1. The maximum Gasteiger partial charge on any atom is 0.235 e. The second-order valence-corrected chi connectivity index (χ2v) is 6.88. The average molecular weight is 429 g/mol. The quantitative estimate of drug-likeness (QED) is 0.496. The van der Waals surface area contributed by atoms with Crippen LogP contribution in [0.5, 0.6) is 23.0 Å². The fourth-order valence-corrected chi connectivity index (χ4v) is 3.21. The van der Waals surface area contributed by atoms with Gasteiger partial charge in [-0.05, 0) is 24.3 Å². The summed E-state index contributed by atoms with van der Waals surface area (Å²) in [5.74, 6) is 0.986. The predicted molar refractivity (Wildman–Crippen MR) is 116 cm³/mol. The van der Waals surface area contributed by atoms with Gasteiger partial charge in [0.25, 0.3) is 0 Å². The molecule has 0 aliphatic carbocycles. The molecule has 1 N–H and O–H groups in total. The number of ether oxygens (including phenoxy) is 4. The molecule has 0 radical (unpaired) electrons. The van der Waals surface area contributed by atoms with Crippen molar-refractivity contribution in [2.75, 3.05) is 47.6 Å². The minimum absolute atomic E-state index is 0.0317. The van der Waals surface area contributed by atoms with Gasteiger partial charge in [0.1, 0.15) is 17.6 Å². The summed E-state index contributed by atoms with van der Waals surface area (Å²) in [5.41, 5.74) is 0.497. The van der Waals surface area contributed by atoms with E-state index in [4.69, 9.17) is 23.4 Å². The number of rotatable bonds is 11. The Labute approximate surface area is 180 Å². The maximum absolute atomic E-state index is 13.1. The van der Waals surface area contributed by atoms with Gasteiger partial charge < -0.3 is 28.5 Å². The summed E-state index contributed by atoms with van der Waals surface area (Å²) in [4.78, 5) is 15.1. The zero-order chi connectivity index (χ0) is 22.2. The molecule has 0 saturated heterocycles. The fourth-order valence-electron chi connectivity index (χ4n) is 3.21. The molecular weight excluding hydrogens is 402 g/mol. The van der Waals surface area contributed by atoms with E-state index >= 15 is 0 Å². The number of fused-ring (bicyclic) bond motifs is 1. The number of phenolic OH excluding ortho intramolecular Hbond substituents is 1. The van der Waals surface area contributed by atoms with Crippen LogP contribution in [0, 0.1) is 0 Å². The molecule has 166 valence electrons. The second kappa shape index (κ2) is 10.8. The molecule has 3 aromatic rings. The zero-order valence-electron chi connectivity index (χ0n) is 17.9. The molecule has 1 heterocycles. The van der Waals surface area contributed by atoms with Gasteiger partial charge in [-0.2, -0.15) is 0 Å². The molecule has 8 nitrogen and oxygen atoms in total. The van der Waals surface area contributed by atoms with Crippen molar-refractivity contribution in [3.8, 4) is 23.0 Å². The third kappa shape index (κ3) is 5.35. The highest BCUT2D eigenvalue weighted by Gasteiger charge is 2.18. The summed E-state index contributed by atoms with van der Waals surface area (Å²) in [5, 5.41) is 10.8. The lowest BCUT2D eigenvalue weighted by Crippen LogP contribution is -2.30. The van der Waals surface area contributed by atoms with Gasteiger partial charge in [-0.3, -0.25) is 9.69 Å². The molecule has 1 aromatic heterocycles. The van der Waals surface area contributed by atoms with Gasteiger partial charge in [0.2, 0.25) is 11.2 Å². The monoisotopic (exact) mass is 429 g/mol. The van der Waals surface area contributed by atoms with Crippen LogP contribution in [0.4, 0.5) is 0 Å². The molecule has 0 fully saturated rings. The summed E-state index contributed by atoms with van der Waals surface area (Å²) in [6.07, 6.45) is 1.26. The molecule has 3 rings (SSSR count). The first-order valence-electron chi connectivity index (χ1n) is 9.86. The Hall–Kier alpha value is -3.07. The number of methoxy groups -OCH3 is 3. The minimum Gasteiger partial charge on any atom is -0.507 e. The molecule has 31 heavy (non-hydrogen) atoms. The van der Waals surface area contributed by atoms with Crippen LogP contribution in [0.1, 0.15) is 5.56 Å². The van der Waals surface area contributed by atoms with Crippen LogP contribution in [0.15, 0.2) is 51.9 Å². The Morgan fingerprint density at radius 2 is 1.61 bits per heavy atom. The summed E-state index contributed by atoms with van der Waals surface area (Å²) in [7, 11) is 4.79. The van der Waals surface area contributed by atoms with Crippen molar-refractivity contribution < 1.29 is 28.5 Å². The van der Waals surface area contributed by atoms with Crippen molar-refractivity contribution in [3.05, 3.63) is 58.4 Å². The highest BCUT2D eigenvalue weighted by atomic mass is 16.5. The van der Waals surface area contributed by atoms with Crippen LogP contribution in [0.3, 0.4) is 0 Å². The molecule has 0 bridgehead atoms. The summed E-state index contributed by atoms with van der Waals surface area (Å²) in [6.45, 7) is 2.68. The number of phenols is 1. The van der Waals surface area contributed by atoms with E-state index in [1.165, 1.54) is 25.5 Å². The van der Waals surface area contributed by atoms with Crippen molar-refractivity contribution in [1.29, 1.82) is 0 Å². The smallest absolute Gasteiger partial charge is 0.235 e. The number of para-hydroxylation sites is 2. The van der Waals surface area contributed by atoms with Gasteiger partial charge in [0, 0.05) is 33.9 Å². The molecule has 2 aromatic carbocycles. The number of benzene rings is 2. The van der Waals surface area contributed by atoms with Gasteiger partial charge in [0.15, 0.2) is 11.5 Å². The first kappa shape index (κ1) is 22.6. The van der Waals surface area contributed by atoms with Gasteiger partial charge in [-0.15, -0.1) is 0 Å². The van der Waals surface area contributed by atoms with E-state index in [1.807, 2.05) is 6.07 Å². The van der Waals surface area contributed by atoms with E-state index in [0.717, 1.165) is 0 Å². The Balaban J connectivity index is 1.96. The third-order valence-electron chi connectivity index (χ3n) is 4.88. The SMILES string of the molecule is COCCN(CCOC)Cc1c(O)ccc2c(=O)c(Oc3ccccc3OC)coc12. The van der Waals surface area contributed by atoms with Crippen LogP contribution in [0.2, 0.25) is 0 Å². The lowest BCUT2D eigenvalue weighted by molar-refractivity contribution is 0.110. The van der Waals surface area contributed by atoms with Crippen LogP contribution in [0.25, 0.3) is 11.0 Å². The van der Waals surface area contributed by atoms with Gasteiger partial charge in [-0.1, -0.05) is 12.1 Å². The summed E-state index contributed by atoms with van der Waals surface area (Å²) < 4.78 is 27.2. The highest BCUT2D eigenvalue weighted by Crippen LogP contribution is 2.32. The highest BCUT2D eigenvalue weighted by molar-refractivity contribution is 5.83. The van der Waals surface area contributed by atoms with Crippen LogP contribution >= 0.6 is 0 Å². The molecule has 0 atom stereocenters. The Bertz CT molecular complexity index is 1060. The Kier molecular flexibility index (Phi) is 7.88. The first-order chi connectivity index (χ1) is 15.1. The van der Waals surface area contributed by atoms with Crippen molar-refractivity contribution in [2.24, 2.45) is 0 Å². The fraction of sp³-hybridized carbons (Fsp3) is 0.348. The minimum atomic E-state index is -0.339. The van der Waals surface area contributed by atoms with Gasteiger partial charge in [-0.25, -0.2) is 0 Å². The van der Waals surface area contributed by atoms with Gasteiger partial charge in [0.05, 0.1) is 31.3 Å². The Morgan fingerprint density at radius 1 is 0.935 bits per heavy atom. The molecule has 0 unspecified atom stereocenters. The number of nitrogens with zero attached hydrogens (tertiary/aromatic N) is 1. The van der Waals surface area contributed by atoms with Crippen molar-refractivity contribution >= 4 is 11.0 Å². The van der Waals surface area contributed by atoms with E-state index in [-0.39, 0.29) is 16.9 Å². The second-order valence-electron chi connectivity index (χ2n) is 6.88. The van der Waals surface area contributed by atoms with E-state index in [2.05, 4.69) is 4.90 Å². The van der Waals surface area contributed by atoms with Crippen LogP contribution in [-0.4, -0.2) is 57.6 Å². The largest absolute Gasteiger partial charge is 0.507 e. The number of aromatic hydroxyl groups is 1. The maximum atomic E-state index is 13.1. The topological polar surface area (TPSA) is 90.6 Å². The van der Waals surface area contributed by atoms with Crippen molar-refractivity contribution in [2.45, 2.75) is 6.54 Å². The summed E-state index contributed by atoms with van der Waals surface area (Å²) >= 11 is 0. The van der Waals surface area contributed by atoms with E-state index in [0.29, 0.717) is 60.9 Å². The molecule has 0 aliphatic rings. The molecular formula is C23H27NO7. The molecule has 0 saturated carbocycles. The number of hydrogen-bond donors (Lipinski definition) is 1. The Morgan fingerprint density at radius 3 is 2.26 bits per heavy atom. The molecule has 0 aliphatic heterocycles. The lowest BCUT2D eigenvalue weighted by atomic mass is 10.1. The van der Waals surface area contributed by atoms with Crippen LogP contribution in [-0.2, 0) is 16.0 Å². The molecule has 8 heteroatoms. The zero-order valence-corrected chi connectivity index (χ0v) is 17.9. The normalized spacial score (nSPS) is 11.2. The predicted octanol–water partition coefficient (Wildman–Crippen LogP) is 3.39. The van der Waals surface area contributed by atoms with E-state index in [1.54, 1.807) is 32.4 Å². The van der Waals surface area contributed by atoms with E-state index in [9.17, 15) is 9.90 Å². The van der Waals surface area contributed by atoms with Crippen molar-refractivity contribution in [1.82, 2.24) is 4.90 Å². The first-order valence-corrected chi connectivity index (χ1v) is 9.86. The lowest BCUT2D eigenvalue weighted by Gasteiger charge is -2.22. The standard InChI is InChI=1S/C23H27NO7/c1-27-12-10-24(11-13-28-2)14-17-18(25)9-8-16-22(26)21(15-30-23(16)17)31-20-7-5-4-6-19(20)29-3/h4-9,15,25H,10-14H2,1-3H3. The van der Waals surface area contributed by atoms with E-state index < -0.39 is 0 Å². The molecule has 0 amide bonds. The average Bonchev–Trinajstić information content (AvgIpc) is 2.79. The van der Waals surface area contributed by atoms with Gasteiger partial charge >= 0.3 is 0 Å². The van der Waals surface area contributed by atoms with Crippen molar-refractivity contribution in [3.63, 3.8) is 0 Å². The number of hydrogen-bond acceptors (Lipinski definition) is 8. The molecule has 0 spiro atoms.